The van der Waals surface area contributed by atoms with Crippen LogP contribution < -0.4 is 14.2 Å². The van der Waals surface area contributed by atoms with Crippen LogP contribution in [-0.4, -0.2) is 33.2 Å². The van der Waals surface area contributed by atoms with E-state index in [4.69, 9.17) is 4.74 Å². The van der Waals surface area contributed by atoms with Crippen LogP contribution in [0.25, 0.3) is 17.2 Å². The maximum Gasteiger partial charge on any atom is 0.217 e. The van der Waals surface area contributed by atoms with Crippen molar-refractivity contribution in [2.45, 2.75) is 18.7 Å². The maximum absolute atomic E-state index is 9.45. The third-order valence-electron chi connectivity index (χ3n) is 4.96. The molecule has 1 aliphatic heterocycles. The first-order valence-electron chi connectivity index (χ1n) is 10.8. The summed E-state index contributed by atoms with van der Waals surface area (Å²) in [6.45, 7) is 4.03. The van der Waals surface area contributed by atoms with E-state index < -0.39 is 10.4 Å². The van der Waals surface area contributed by atoms with Gasteiger partial charge in [-0.2, -0.15) is 0 Å². The quantitative estimate of drug-likeness (QED) is 0.278. The maximum atomic E-state index is 9.45. The molecule has 0 N–H and O–H groups in total. The van der Waals surface area contributed by atoms with Gasteiger partial charge in [0.1, 0.15) is 12.8 Å². The molecule has 180 valence electrons. The number of aromatic nitrogens is 1. The summed E-state index contributed by atoms with van der Waals surface area (Å²) in [5.74, 6) is 0.927. The molecule has 0 spiro atoms. The average molecular weight is 501 g/mol. The lowest BCUT2D eigenvalue weighted by Crippen LogP contribution is -2.31. The Morgan fingerprint density at radius 3 is 2.35 bits per heavy atom. The van der Waals surface area contributed by atoms with Crippen molar-refractivity contribution in [2.75, 3.05) is 25.2 Å². The van der Waals surface area contributed by atoms with Crippen LogP contribution in [0, 0.1) is 0 Å². The van der Waals surface area contributed by atoms with E-state index >= 15 is 0 Å². The number of ether oxygens (including phenoxy) is 1. The van der Waals surface area contributed by atoms with Crippen LogP contribution in [-0.2, 0) is 21.6 Å². The van der Waals surface area contributed by atoms with Crippen molar-refractivity contribution in [1.29, 1.82) is 0 Å². The lowest BCUT2D eigenvalue weighted by Gasteiger charge is -2.13. The van der Waals surface area contributed by atoms with Gasteiger partial charge in [0, 0.05) is 29.6 Å². The second-order valence-corrected chi connectivity index (χ2v) is 9.45. The average Bonchev–Trinajstić information content (AvgIpc) is 3.10. The molecule has 1 aliphatic rings. The van der Waals surface area contributed by atoms with Crippen molar-refractivity contribution >= 4 is 33.9 Å². The smallest absolute Gasteiger partial charge is 0.217 e. The first-order valence-corrected chi connectivity index (χ1v) is 12.9. The van der Waals surface area contributed by atoms with Gasteiger partial charge in [-0.1, -0.05) is 42.1 Å². The SMILES string of the molecule is CCOS(=O)(=O)[O-].CCOc1ccc2c(c1)S/C(=C\c1ccc(-c3ccccc3)c[n+]1C)N2C. The number of benzene rings is 2. The number of thioether (sulfide) groups is 1. The van der Waals surface area contributed by atoms with E-state index in [1.54, 1.807) is 11.8 Å². The predicted molar refractivity (Wildman–Crippen MR) is 134 cm³/mol. The predicted octanol–water partition coefficient (Wildman–Crippen LogP) is 4.60. The van der Waals surface area contributed by atoms with Crippen molar-refractivity contribution in [3.05, 3.63) is 77.6 Å². The van der Waals surface area contributed by atoms with Crippen LogP contribution in [0.1, 0.15) is 19.5 Å². The first-order chi connectivity index (χ1) is 16.2. The second kappa shape index (κ2) is 11.5. The highest BCUT2D eigenvalue weighted by Crippen LogP contribution is 2.46. The van der Waals surface area contributed by atoms with Crippen LogP contribution in [0.5, 0.6) is 5.75 Å². The minimum Gasteiger partial charge on any atom is -0.726 e. The number of aryl methyl sites for hydroxylation is 1. The fraction of sp³-hybridized carbons (Fsp3) is 0.240. The number of nitrogens with zero attached hydrogens (tertiary/aromatic N) is 2. The molecule has 0 fully saturated rings. The van der Waals surface area contributed by atoms with Gasteiger partial charge < -0.3 is 14.2 Å². The van der Waals surface area contributed by atoms with Gasteiger partial charge in [-0.15, -0.1) is 0 Å². The Labute approximate surface area is 205 Å². The number of anilines is 1. The second-order valence-electron chi connectivity index (χ2n) is 7.34. The van der Waals surface area contributed by atoms with Gasteiger partial charge in [0.15, 0.2) is 6.20 Å². The Balaban J connectivity index is 0.000000406. The molecule has 34 heavy (non-hydrogen) atoms. The Bertz CT molecular complexity index is 1260. The third kappa shape index (κ3) is 6.83. The number of pyridine rings is 1. The van der Waals surface area contributed by atoms with Gasteiger partial charge in [0.05, 0.1) is 23.9 Å². The summed E-state index contributed by atoms with van der Waals surface area (Å²) in [7, 11) is -0.214. The molecule has 2 heterocycles. The molecule has 0 radical (unpaired) electrons. The van der Waals surface area contributed by atoms with E-state index in [1.165, 1.54) is 39.4 Å². The van der Waals surface area contributed by atoms with Crippen LogP contribution in [0.15, 0.2) is 76.8 Å². The Hall–Kier alpha value is -2.85. The molecule has 0 bridgehead atoms. The van der Waals surface area contributed by atoms with Gasteiger partial charge in [-0.05, 0) is 43.7 Å². The molecule has 7 nitrogen and oxygen atoms in total. The highest BCUT2D eigenvalue weighted by atomic mass is 32.3. The normalized spacial score (nSPS) is 13.9. The molecule has 9 heteroatoms. The van der Waals surface area contributed by atoms with Crippen LogP contribution >= 0.6 is 11.8 Å². The van der Waals surface area contributed by atoms with Gasteiger partial charge in [0.2, 0.25) is 16.1 Å². The zero-order valence-electron chi connectivity index (χ0n) is 19.6. The molecule has 0 amide bonds. The monoisotopic (exact) mass is 500 g/mol. The lowest BCUT2D eigenvalue weighted by atomic mass is 10.1. The van der Waals surface area contributed by atoms with Crippen LogP contribution in [0.2, 0.25) is 0 Å². The topological polar surface area (TPSA) is 82.8 Å². The lowest BCUT2D eigenvalue weighted by molar-refractivity contribution is -0.672. The van der Waals surface area contributed by atoms with E-state index in [0.717, 1.165) is 5.75 Å². The van der Waals surface area contributed by atoms with Gasteiger partial charge >= 0.3 is 0 Å². The highest BCUT2D eigenvalue weighted by molar-refractivity contribution is 8.03. The van der Waals surface area contributed by atoms with Crippen molar-refractivity contribution < 1.29 is 26.5 Å². The molecule has 3 aromatic rings. The van der Waals surface area contributed by atoms with E-state index in [9.17, 15) is 13.0 Å². The van der Waals surface area contributed by atoms with Crippen LogP contribution in [0.3, 0.4) is 0 Å². The number of hydrogen-bond acceptors (Lipinski definition) is 7. The molecular formula is C25H28N2O5S2. The Kier molecular flexibility index (Phi) is 8.73. The van der Waals surface area contributed by atoms with E-state index in [-0.39, 0.29) is 6.61 Å². The molecule has 4 rings (SSSR count). The minimum atomic E-state index is -4.42. The number of rotatable bonds is 6. The minimum absolute atomic E-state index is 0.0914. The first kappa shape index (κ1) is 25.8. The highest BCUT2D eigenvalue weighted by Gasteiger charge is 2.23. The standard InChI is InChI=1S/C23H23N2OS.C2H6O4S/c1-4-26-20-12-13-21-22(15-20)27-23(25(21)3)14-19-11-10-18(16-24(19)2)17-8-6-5-7-9-17;1-2-6-7(3,4)5/h5-16H,4H2,1-3H3;2H2,1H3,(H,3,4,5)/q+1;/p-1. The van der Waals surface area contributed by atoms with Crippen molar-refractivity contribution in [1.82, 2.24) is 0 Å². The summed E-state index contributed by atoms with van der Waals surface area (Å²) in [6, 6.07) is 21.1. The Morgan fingerprint density at radius 2 is 1.76 bits per heavy atom. The molecular weight excluding hydrogens is 472 g/mol. The molecule has 1 aromatic heterocycles. The summed E-state index contributed by atoms with van der Waals surface area (Å²) < 4.78 is 39.8. The summed E-state index contributed by atoms with van der Waals surface area (Å²) in [6.07, 6.45) is 4.42. The zero-order valence-corrected chi connectivity index (χ0v) is 21.2. The molecule has 0 saturated carbocycles. The molecule has 2 aromatic carbocycles. The van der Waals surface area contributed by atoms with Crippen molar-refractivity contribution in [3.63, 3.8) is 0 Å². The Morgan fingerprint density at radius 1 is 1.03 bits per heavy atom. The molecule has 0 unspecified atom stereocenters. The number of fused-ring (bicyclic) bond motifs is 1. The molecule has 0 saturated heterocycles. The van der Waals surface area contributed by atoms with E-state index in [0.29, 0.717) is 6.61 Å². The van der Waals surface area contributed by atoms with Gasteiger partial charge in [0.25, 0.3) is 0 Å². The van der Waals surface area contributed by atoms with E-state index in [2.05, 4.69) is 88.5 Å². The van der Waals surface area contributed by atoms with E-state index in [1.807, 2.05) is 19.1 Å². The van der Waals surface area contributed by atoms with Crippen LogP contribution in [0.4, 0.5) is 5.69 Å². The third-order valence-corrected chi connectivity index (χ3v) is 6.64. The molecule has 0 atom stereocenters. The summed E-state index contributed by atoms with van der Waals surface area (Å²) in [5.41, 5.74) is 4.84. The van der Waals surface area contributed by atoms with Gasteiger partial charge in [-0.25, -0.2) is 13.0 Å². The largest absolute Gasteiger partial charge is 0.726 e. The summed E-state index contributed by atoms with van der Waals surface area (Å²) in [4.78, 5) is 3.47. The van der Waals surface area contributed by atoms with Gasteiger partial charge in [-0.3, -0.25) is 4.18 Å². The summed E-state index contributed by atoms with van der Waals surface area (Å²) >= 11 is 1.78. The van der Waals surface area contributed by atoms with Crippen molar-refractivity contribution in [2.24, 2.45) is 7.05 Å². The summed E-state index contributed by atoms with van der Waals surface area (Å²) in [5, 5.41) is 1.21. The fourth-order valence-electron chi connectivity index (χ4n) is 3.38. The van der Waals surface area contributed by atoms with Crippen molar-refractivity contribution in [3.8, 4) is 16.9 Å². The molecule has 0 aliphatic carbocycles. The fourth-order valence-corrected chi connectivity index (χ4v) is 4.79. The zero-order chi connectivity index (χ0) is 24.7. The number of hydrogen-bond donors (Lipinski definition) is 0.